The van der Waals surface area contributed by atoms with Gasteiger partial charge in [-0.05, 0) is 49.9 Å². The van der Waals surface area contributed by atoms with Crippen LogP contribution in [-0.2, 0) is 17.9 Å². The SMILES string of the molecule is Cc1ccccc1CN1CC[C@H](CNC(=O)CCn2c(C)cccc2=O)C1. The number of rotatable bonds is 7. The van der Waals surface area contributed by atoms with Crippen molar-refractivity contribution in [3.05, 3.63) is 69.6 Å². The van der Waals surface area contributed by atoms with Gasteiger partial charge in [-0.2, -0.15) is 0 Å². The van der Waals surface area contributed by atoms with E-state index in [1.165, 1.54) is 17.2 Å². The fourth-order valence-electron chi connectivity index (χ4n) is 3.72. The maximum Gasteiger partial charge on any atom is 0.250 e. The van der Waals surface area contributed by atoms with Crippen LogP contribution in [0.5, 0.6) is 0 Å². The number of nitrogens with zero attached hydrogens (tertiary/aromatic N) is 2. The number of hydrogen-bond donors (Lipinski definition) is 1. The van der Waals surface area contributed by atoms with Gasteiger partial charge in [0.05, 0.1) is 0 Å². The molecule has 0 unspecified atom stereocenters. The van der Waals surface area contributed by atoms with Gasteiger partial charge in [-0.1, -0.05) is 30.3 Å². The number of benzene rings is 1. The smallest absolute Gasteiger partial charge is 0.250 e. The van der Waals surface area contributed by atoms with Crippen LogP contribution in [0.2, 0.25) is 0 Å². The maximum atomic E-state index is 12.2. The molecule has 27 heavy (non-hydrogen) atoms. The number of nitrogens with one attached hydrogen (secondary N) is 1. The van der Waals surface area contributed by atoms with Crippen molar-refractivity contribution < 1.29 is 4.79 Å². The van der Waals surface area contributed by atoms with Crippen LogP contribution in [0, 0.1) is 19.8 Å². The minimum Gasteiger partial charge on any atom is -0.356 e. The van der Waals surface area contributed by atoms with Crippen molar-refractivity contribution in [3.63, 3.8) is 0 Å². The molecular weight excluding hydrogens is 338 g/mol. The lowest BCUT2D eigenvalue weighted by atomic mass is 10.1. The molecule has 1 N–H and O–H groups in total. The third-order valence-electron chi connectivity index (χ3n) is 5.44. The molecule has 1 fully saturated rings. The Kier molecular flexibility index (Phi) is 6.45. The number of carbonyl (C=O) groups excluding carboxylic acids is 1. The zero-order chi connectivity index (χ0) is 19.2. The normalized spacial score (nSPS) is 17.2. The summed E-state index contributed by atoms with van der Waals surface area (Å²) in [5, 5.41) is 3.05. The van der Waals surface area contributed by atoms with Gasteiger partial charge in [0.15, 0.2) is 0 Å². The zero-order valence-electron chi connectivity index (χ0n) is 16.3. The van der Waals surface area contributed by atoms with E-state index in [4.69, 9.17) is 0 Å². The van der Waals surface area contributed by atoms with E-state index in [0.29, 0.717) is 25.4 Å². The van der Waals surface area contributed by atoms with Crippen molar-refractivity contribution >= 4 is 5.91 Å². The first-order valence-electron chi connectivity index (χ1n) is 9.73. The largest absolute Gasteiger partial charge is 0.356 e. The number of pyridine rings is 1. The summed E-state index contributed by atoms with van der Waals surface area (Å²) in [6.07, 6.45) is 1.45. The molecule has 1 aliphatic heterocycles. The average Bonchev–Trinajstić information content (AvgIpc) is 3.09. The summed E-state index contributed by atoms with van der Waals surface area (Å²) in [5.41, 5.74) is 3.55. The van der Waals surface area contributed by atoms with Crippen LogP contribution >= 0.6 is 0 Å². The molecule has 144 valence electrons. The standard InChI is InChI=1S/C22H29N3O2/c1-17-6-3-4-8-20(17)16-24-12-10-19(15-24)14-23-21(26)11-13-25-18(2)7-5-9-22(25)27/h3-9,19H,10-16H2,1-2H3,(H,23,26)/t19-/m1/s1. The Morgan fingerprint density at radius 3 is 2.74 bits per heavy atom. The molecule has 5 heteroatoms. The van der Waals surface area contributed by atoms with Crippen LogP contribution in [0.3, 0.4) is 0 Å². The second-order valence-electron chi connectivity index (χ2n) is 7.53. The van der Waals surface area contributed by atoms with E-state index in [9.17, 15) is 9.59 Å². The van der Waals surface area contributed by atoms with Gasteiger partial charge in [-0.25, -0.2) is 0 Å². The monoisotopic (exact) mass is 367 g/mol. The third-order valence-corrected chi connectivity index (χ3v) is 5.44. The van der Waals surface area contributed by atoms with E-state index < -0.39 is 0 Å². The van der Waals surface area contributed by atoms with Crippen molar-refractivity contribution in [1.82, 2.24) is 14.8 Å². The third kappa shape index (κ3) is 5.30. The molecule has 0 saturated carbocycles. The molecule has 3 rings (SSSR count). The molecule has 0 spiro atoms. The van der Waals surface area contributed by atoms with Crippen molar-refractivity contribution in [1.29, 1.82) is 0 Å². The number of carbonyl (C=O) groups is 1. The molecule has 5 nitrogen and oxygen atoms in total. The van der Waals surface area contributed by atoms with Gasteiger partial charge < -0.3 is 9.88 Å². The van der Waals surface area contributed by atoms with Crippen molar-refractivity contribution in [2.24, 2.45) is 5.92 Å². The van der Waals surface area contributed by atoms with E-state index in [2.05, 4.69) is 41.4 Å². The summed E-state index contributed by atoms with van der Waals surface area (Å²) in [6.45, 7) is 8.27. The van der Waals surface area contributed by atoms with E-state index in [1.807, 2.05) is 13.0 Å². The Morgan fingerprint density at radius 1 is 1.15 bits per heavy atom. The first-order chi connectivity index (χ1) is 13.0. The Labute approximate surface area is 161 Å². The molecule has 1 aromatic carbocycles. The summed E-state index contributed by atoms with van der Waals surface area (Å²) in [6, 6.07) is 13.7. The Hall–Kier alpha value is -2.40. The predicted octanol–water partition coefficient (Wildman–Crippen LogP) is 2.49. The highest BCUT2D eigenvalue weighted by Gasteiger charge is 2.23. The maximum absolute atomic E-state index is 12.2. The molecule has 2 aromatic rings. The second-order valence-corrected chi connectivity index (χ2v) is 7.53. The highest BCUT2D eigenvalue weighted by Crippen LogP contribution is 2.19. The average molecular weight is 367 g/mol. The molecular formula is C22H29N3O2. The molecule has 2 heterocycles. The van der Waals surface area contributed by atoms with Crippen LogP contribution in [0.4, 0.5) is 0 Å². The van der Waals surface area contributed by atoms with Crippen LogP contribution in [0.15, 0.2) is 47.3 Å². The van der Waals surface area contributed by atoms with E-state index in [0.717, 1.165) is 31.7 Å². The molecule has 0 bridgehead atoms. The van der Waals surface area contributed by atoms with Gasteiger partial charge in [0.2, 0.25) is 5.91 Å². The lowest BCUT2D eigenvalue weighted by Gasteiger charge is -2.18. The lowest BCUT2D eigenvalue weighted by Crippen LogP contribution is -2.32. The number of hydrogen-bond acceptors (Lipinski definition) is 3. The van der Waals surface area contributed by atoms with Gasteiger partial charge >= 0.3 is 0 Å². The van der Waals surface area contributed by atoms with E-state index in [-0.39, 0.29) is 11.5 Å². The minimum atomic E-state index is -0.0505. The summed E-state index contributed by atoms with van der Waals surface area (Å²) in [4.78, 5) is 26.5. The zero-order valence-corrected chi connectivity index (χ0v) is 16.3. The van der Waals surface area contributed by atoms with Crippen LogP contribution < -0.4 is 10.9 Å². The molecule has 0 radical (unpaired) electrons. The Balaban J connectivity index is 1.41. The highest BCUT2D eigenvalue weighted by atomic mass is 16.1. The number of amides is 1. The van der Waals surface area contributed by atoms with Gasteiger partial charge in [0, 0.05) is 44.4 Å². The Morgan fingerprint density at radius 2 is 1.96 bits per heavy atom. The first kappa shape index (κ1) is 19.4. The number of aromatic nitrogens is 1. The minimum absolute atomic E-state index is 0.0162. The fraction of sp³-hybridized carbons (Fsp3) is 0.455. The number of aryl methyl sites for hydroxylation is 2. The first-order valence-corrected chi connectivity index (χ1v) is 9.73. The predicted molar refractivity (Wildman–Crippen MR) is 108 cm³/mol. The molecule has 1 atom stereocenters. The van der Waals surface area contributed by atoms with Crippen LogP contribution in [0.1, 0.15) is 29.7 Å². The van der Waals surface area contributed by atoms with Gasteiger partial charge in [0.25, 0.3) is 5.56 Å². The topological polar surface area (TPSA) is 54.3 Å². The van der Waals surface area contributed by atoms with Crippen molar-refractivity contribution in [2.45, 2.75) is 39.8 Å². The molecule has 1 aliphatic rings. The van der Waals surface area contributed by atoms with Gasteiger partial charge in [-0.15, -0.1) is 0 Å². The molecule has 1 amide bonds. The fourth-order valence-corrected chi connectivity index (χ4v) is 3.72. The van der Waals surface area contributed by atoms with Crippen LogP contribution in [0.25, 0.3) is 0 Å². The highest BCUT2D eigenvalue weighted by molar-refractivity contribution is 5.75. The summed E-state index contributed by atoms with van der Waals surface area (Å²) in [7, 11) is 0. The van der Waals surface area contributed by atoms with Gasteiger partial charge in [0.1, 0.15) is 0 Å². The summed E-state index contributed by atoms with van der Waals surface area (Å²) in [5.74, 6) is 0.515. The van der Waals surface area contributed by atoms with E-state index in [1.54, 1.807) is 10.6 Å². The Bertz CT molecular complexity index is 843. The second kappa shape index (κ2) is 9.00. The van der Waals surface area contributed by atoms with Crippen molar-refractivity contribution in [3.8, 4) is 0 Å². The summed E-state index contributed by atoms with van der Waals surface area (Å²) >= 11 is 0. The molecule has 0 aliphatic carbocycles. The number of likely N-dealkylation sites (tertiary alicyclic amines) is 1. The molecule has 1 aromatic heterocycles. The lowest BCUT2D eigenvalue weighted by molar-refractivity contribution is -0.121. The van der Waals surface area contributed by atoms with Gasteiger partial charge in [-0.3, -0.25) is 14.5 Å². The molecule has 1 saturated heterocycles. The van der Waals surface area contributed by atoms with E-state index >= 15 is 0 Å². The van der Waals surface area contributed by atoms with Crippen molar-refractivity contribution in [2.75, 3.05) is 19.6 Å². The quantitative estimate of drug-likeness (QED) is 0.818. The summed E-state index contributed by atoms with van der Waals surface area (Å²) < 4.78 is 1.65. The van der Waals surface area contributed by atoms with Crippen LogP contribution in [-0.4, -0.2) is 35.0 Å².